The molecule has 0 saturated heterocycles. The normalized spacial score (nSPS) is 14.1. The van der Waals surface area contributed by atoms with Crippen LogP contribution in [0, 0.1) is 12.8 Å². The maximum atomic E-state index is 12.2. The third kappa shape index (κ3) is 5.47. The van der Waals surface area contributed by atoms with Gasteiger partial charge in [0.1, 0.15) is 5.75 Å². The number of thioether (sulfide) groups is 1. The third-order valence-corrected chi connectivity index (χ3v) is 6.23. The van der Waals surface area contributed by atoms with Crippen LogP contribution in [0.3, 0.4) is 0 Å². The van der Waals surface area contributed by atoms with Gasteiger partial charge in [0.05, 0.1) is 12.0 Å². The Hall–Kier alpha value is -1.54. The largest absolute Gasteiger partial charge is 0.496 e. The van der Waals surface area contributed by atoms with Crippen molar-refractivity contribution in [3.05, 3.63) is 54.1 Å². The molecule has 136 valence electrons. The zero-order chi connectivity index (χ0) is 18.4. The molecule has 7 heteroatoms. The van der Waals surface area contributed by atoms with Crippen molar-refractivity contribution in [2.24, 2.45) is 5.92 Å². The Balaban J connectivity index is 1.97. The van der Waals surface area contributed by atoms with Crippen LogP contribution in [0.5, 0.6) is 5.75 Å². The van der Waals surface area contributed by atoms with Crippen LogP contribution in [-0.2, 0) is 14.3 Å². The van der Waals surface area contributed by atoms with Crippen molar-refractivity contribution in [3.8, 4) is 5.75 Å². The highest BCUT2D eigenvalue weighted by Gasteiger charge is 2.24. The summed E-state index contributed by atoms with van der Waals surface area (Å²) in [5.74, 6) is 0.822. The molecule has 5 nitrogen and oxygen atoms in total. The van der Waals surface area contributed by atoms with Gasteiger partial charge >= 0.3 is 0 Å². The van der Waals surface area contributed by atoms with E-state index < -0.39 is 22.3 Å². The van der Waals surface area contributed by atoms with E-state index in [-0.39, 0.29) is 4.90 Å². The Morgan fingerprint density at radius 2 is 1.76 bits per heavy atom. The first-order valence-corrected chi connectivity index (χ1v) is 10.2. The molecule has 2 aromatic rings. The molecule has 1 unspecified atom stereocenters. The van der Waals surface area contributed by atoms with Crippen molar-refractivity contribution in [2.45, 2.75) is 29.9 Å². The highest BCUT2D eigenvalue weighted by atomic mass is 32.2. The first-order chi connectivity index (χ1) is 11.8. The van der Waals surface area contributed by atoms with Gasteiger partial charge < -0.3 is 9.84 Å². The SMILES string of the molecule is COc1ccccc1SC[C@@H](C)C(O)OS(=O)(=O)c1ccc(C)cc1. The van der Waals surface area contributed by atoms with Gasteiger partial charge in [0.25, 0.3) is 10.1 Å². The Labute approximate surface area is 153 Å². The fraction of sp³-hybridized carbons (Fsp3) is 0.333. The monoisotopic (exact) mass is 382 g/mol. The minimum absolute atomic E-state index is 0.0294. The lowest BCUT2D eigenvalue weighted by molar-refractivity contribution is -0.0452. The van der Waals surface area contributed by atoms with Crippen LogP contribution in [-0.4, -0.2) is 32.7 Å². The lowest BCUT2D eigenvalue weighted by atomic mass is 10.2. The molecule has 0 bridgehead atoms. The van der Waals surface area contributed by atoms with E-state index in [0.717, 1.165) is 16.2 Å². The summed E-state index contributed by atoms with van der Waals surface area (Å²) in [6.45, 7) is 3.60. The van der Waals surface area contributed by atoms with E-state index in [1.54, 1.807) is 26.2 Å². The number of rotatable bonds is 8. The summed E-state index contributed by atoms with van der Waals surface area (Å²) in [6, 6.07) is 13.8. The van der Waals surface area contributed by atoms with E-state index in [1.165, 1.54) is 23.9 Å². The molecular formula is C18H22O5S2. The molecule has 0 aromatic heterocycles. The minimum Gasteiger partial charge on any atom is -0.496 e. The number of ether oxygens (including phenoxy) is 1. The van der Waals surface area contributed by atoms with E-state index in [9.17, 15) is 13.5 Å². The molecule has 0 aliphatic carbocycles. The number of aliphatic hydroxyl groups excluding tert-OH is 1. The second-order valence-corrected chi connectivity index (χ2v) is 8.33. The van der Waals surface area contributed by atoms with Crippen LogP contribution in [0.15, 0.2) is 58.3 Å². The highest BCUT2D eigenvalue weighted by Crippen LogP contribution is 2.31. The summed E-state index contributed by atoms with van der Waals surface area (Å²) in [5.41, 5.74) is 0.945. The zero-order valence-corrected chi connectivity index (χ0v) is 16.0. The number of methoxy groups -OCH3 is 1. The quantitative estimate of drug-likeness (QED) is 0.428. The number of hydrogen-bond acceptors (Lipinski definition) is 6. The van der Waals surface area contributed by atoms with Gasteiger partial charge in [0.15, 0.2) is 6.29 Å². The summed E-state index contributed by atoms with van der Waals surface area (Å²) in [6.07, 6.45) is -1.42. The van der Waals surface area contributed by atoms with Gasteiger partial charge in [-0.15, -0.1) is 11.8 Å². The van der Waals surface area contributed by atoms with Crippen molar-refractivity contribution >= 4 is 21.9 Å². The van der Waals surface area contributed by atoms with Gasteiger partial charge in [-0.2, -0.15) is 8.42 Å². The van der Waals surface area contributed by atoms with E-state index in [0.29, 0.717) is 5.75 Å². The van der Waals surface area contributed by atoms with E-state index in [4.69, 9.17) is 8.92 Å². The molecule has 25 heavy (non-hydrogen) atoms. The predicted octanol–water partition coefficient (Wildman–Crippen LogP) is 3.46. The van der Waals surface area contributed by atoms with E-state index in [1.807, 2.05) is 31.2 Å². The molecule has 0 amide bonds. The molecule has 2 aromatic carbocycles. The molecule has 2 rings (SSSR count). The first-order valence-electron chi connectivity index (χ1n) is 7.77. The molecule has 0 aliphatic heterocycles. The van der Waals surface area contributed by atoms with E-state index in [2.05, 4.69) is 0 Å². The van der Waals surface area contributed by atoms with Gasteiger partial charge in [-0.25, -0.2) is 4.18 Å². The molecule has 0 saturated carbocycles. The number of aliphatic hydroxyl groups is 1. The molecular weight excluding hydrogens is 360 g/mol. The van der Waals surface area contributed by atoms with Crippen molar-refractivity contribution in [3.63, 3.8) is 0 Å². The summed E-state index contributed by atoms with van der Waals surface area (Å²) in [4.78, 5) is 0.951. The Kier molecular flexibility index (Phi) is 6.89. The van der Waals surface area contributed by atoms with Gasteiger partial charge in [0, 0.05) is 16.6 Å². The number of para-hydroxylation sites is 1. The lowest BCUT2D eigenvalue weighted by Gasteiger charge is -2.19. The average molecular weight is 383 g/mol. The smallest absolute Gasteiger partial charge is 0.299 e. The second kappa shape index (κ2) is 8.71. The molecule has 0 spiro atoms. The van der Waals surface area contributed by atoms with Gasteiger partial charge in [-0.05, 0) is 31.2 Å². The third-order valence-electron chi connectivity index (χ3n) is 3.59. The van der Waals surface area contributed by atoms with Crippen LogP contribution in [0.2, 0.25) is 0 Å². The van der Waals surface area contributed by atoms with Crippen molar-refractivity contribution < 1.29 is 22.4 Å². The zero-order valence-electron chi connectivity index (χ0n) is 14.4. The lowest BCUT2D eigenvalue weighted by Crippen LogP contribution is -2.26. The Bertz CT molecular complexity index is 787. The van der Waals surface area contributed by atoms with Crippen molar-refractivity contribution in [2.75, 3.05) is 12.9 Å². The Morgan fingerprint density at radius 1 is 1.12 bits per heavy atom. The molecule has 0 aliphatic rings. The van der Waals surface area contributed by atoms with Gasteiger partial charge in [0.2, 0.25) is 0 Å². The second-order valence-electron chi connectivity index (χ2n) is 5.69. The number of aryl methyl sites for hydroxylation is 1. The highest BCUT2D eigenvalue weighted by molar-refractivity contribution is 7.99. The summed E-state index contributed by atoms with van der Waals surface area (Å²) in [7, 11) is -2.41. The van der Waals surface area contributed by atoms with E-state index >= 15 is 0 Å². The van der Waals surface area contributed by atoms with Crippen molar-refractivity contribution in [1.82, 2.24) is 0 Å². The van der Waals surface area contributed by atoms with Crippen LogP contribution < -0.4 is 4.74 Å². The Morgan fingerprint density at radius 3 is 2.40 bits per heavy atom. The number of hydrogen-bond donors (Lipinski definition) is 1. The molecule has 1 N–H and O–H groups in total. The molecule has 2 atom stereocenters. The summed E-state index contributed by atoms with van der Waals surface area (Å²) < 4.78 is 34.7. The van der Waals surface area contributed by atoms with Gasteiger partial charge in [-0.1, -0.05) is 36.8 Å². The molecule has 0 heterocycles. The fourth-order valence-corrected chi connectivity index (χ4v) is 4.13. The maximum absolute atomic E-state index is 12.2. The number of benzene rings is 2. The fourth-order valence-electron chi connectivity index (χ4n) is 2.03. The maximum Gasteiger partial charge on any atom is 0.299 e. The standard InChI is InChI=1S/C18H22O5S2/c1-13-8-10-15(11-9-13)25(20,21)23-18(19)14(2)12-24-17-7-5-4-6-16(17)22-3/h4-11,14,18-19H,12H2,1-3H3/t14-,18?/m1/s1. The average Bonchev–Trinajstić information content (AvgIpc) is 2.59. The summed E-state index contributed by atoms with van der Waals surface area (Å²) in [5, 5.41) is 10.1. The van der Waals surface area contributed by atoms with Crippen molar-refractivity contribution in [1.29, 1.82) is 0 Å². The molecule has 0 fully saturated rings. The van der Waals surface area contributed by atoms with Crippen LogP contribution >= 0.6 is 11.8 Å². The van der Waals surface area contributed by atoms with Gasteiger partial charge in [-0.3, -0.25) is 0 Å². The topological polar surface area (TPSA) is 72.8 Å². The van der Waals surface area contributed by atoms with Crippen LogP contribution in [0.25, 0.3) is 0 Å². The first kappa shape index (κ1) is 19.8. The molecule has 0 radical (unpaired) electrons. The minimum atomic E-state index is -4.00. The van der Waals surface area contributed by atoms with Crippen LogP contribution in [0.4, 0.5) is 0 Å². The predicted molar refractivity (Wildman–Crippen MR) is 98.3 cm³/mol. The van der Waals surface area contributed by atoms with Crippen LogP contribution in [0.1, 0.15) is 12.5 Å². The summed E-state index contributed by atoms with van der Waals surface area (Å²) >= 11 is 1.47.